The summed E-state index contributed by atoms with van der Waals surface area (Å²) in [7, 11) is -3.56. The van der Waals surface area contributed by atoms with Gasteiger partial charge in [-0.3, -0.25) is 0 Å². The number of hydrogen-bond acceptors (Lipinski definition) is 5. The van der Waals surface area contributed by atoms with Gasteiger partial charge in [0.1, 0.15) is 10.5 Å². The van der Waals surface area contributed by atoms with Gasteiger partial charge in [-0.2, -0.15) is 4.31 Å². The van der Waals surface area contributed by atoms with E-state index < -0.39 is 10.0 Å². The zero-order valence-corrected chi connectivity index (χ0v) is 12.9. The van der Waals surface area contributed by atoms with Gasteiger partial charge in [-0.15, -0.1) is 12.4 Å². The molecule has 3 N–H and O–H groups in total. The van der Waals surface area contributed by atoms with Crippen molar-refractivity contribution in [3.05, 3.63) is 24.5 Å². The second-order valence-corrected chi connectivity index (χ2v) is 6.55. The maximum atomic E-state index is 12.7. The van der Waals surface area contributed by atoms with E-state index in [0.717, 1.165) is 0 Å². The molecule has 1 aliphatic rings. The van der Waals surface area contributed by atoms with Crippen LogP contribution < -0.4 is 5.73 Å². The molecule has 3 rings (SSSR count). The standard InChI is InChI=1S/C12H16N4O3S.ClH/c13-6-9-8-16(4-5-19-9)20(17,18)11-7-15-12-10(11)2-1-3-14-12;/h1-3,7,9H,4-6,8,13H2,(H,14,15);1H. The fraction of sp³-hybridized carbons (Fsp3) is 0.417. The van der Waals surface area contributed by atoms with Crippen LogP contribution in [0.3, 0.4) is 0 Å². The Morgan fingerprint density at radius 1 is 1.52 bits per heavy atom. The number of nitrogens with two attached hydrogens (primary N) is 1. The van der Waals surface area contributed by atoms with Crippen LogP contribution in [-0.4, -0.2) is 55.0 Å². The van der Waals surface area contributed by atoms with Gasteiger partial charge in [-0.25, -0.2) is 13.4 Å². The maximum Gasteiger partial charge on any atom is 0.245 e. The SMILES string of the molecule is Cl.NCC1CN(S(=O)(=O)c2c[nH]c3ncccc23)CCO1. The Kier molecular flexibility index (Phi) is 4.84. The number of H-pyrrole nitrogens is 1. The monoisotopic (exact) mass is 332 g/mol. The lowest BCUT2D eigenvalue weighted by atomic mass is 10.3. The number of morpholine rings is 1. The van der Waals surface area contributed by atoms with Gasteiger partial charge in [0.05, 0.1) is 12.7 Å². The van der Waals surface area contributed by atoms with Gasteiger partial charge in [0.2, 0.25) is 10.0 Å². The summed E-state index contributed by atoms with van der Waals surface area (Å²) in [6.07, 6.45) is 2.86. The largest absolute Gasteiger partial charge is 0.374 e. The first-order valence-corrected chi connectivity index (χ1v) is 7.81. The van der Waals surface area contributed by atoms with Crippen molar-refractivity contribution in [3.8, 4) is 0 Å². The molecular weight excluding hydrogens is 316 g/mol. The molecule has 2 aromatic heterocycles. The first-order chi connectivity index (χ1) is 9.63. The summed E-state index contributed by atoms with van der Waals surface area (Å²) in [5.74, 6) is 0. The van der Waals surface area contributed by atoms with Crippen LogP contribution in [0.2, 0.25) is 0 Å². The van der Waals surface area contributed by atoms with Crippen molar-refractivity contribution < 1.29 is 13.2 Å². The fourth-order valence-corrected chi connectivity index (χ4v) is 3.94. The summed E-state index contributed by atoms with van der Waals surface area (Å²) < 4.78 is 32.2. The lowest BCUT2D eigenvalue weighted by Gasteiger charge is -2.31. The molecule has 0 saturated carbocycles. The lowest BCUT2D eigenvalue weighted by molar-refractivity contribution is 0.00453. The van der Waals surface area contributed by atoms with Crippen LogP contribution in [-0.2, 0) is 14.8 Å². The number of nitrogens with one attached hydrogen (secondary N) is 1. The Hall–Kier alpha value is -1.19. The highest BCUT2D eigenvalue weighted by Crippen LogP contribution is 2.25. The van der Waals surface area contributed by atoms with E-state index in [1.54, 1.807) is 18.3 Å². The Morgan fingerprint density at radius 2 is 2.33 bits per heavy atom. The Labute approximate surface area is 128 Å². The van der Waals surface area contributed by atoms with Crippen LogP contribution in [0.5, 0.6) is 0 Å². The molecule has 1 aliphatic heterocycles. The normalized spacial score (nSPS) is 20.3. The maximum absolute atomic E-state index is 12.7. The van der Waals surface area contributed by atoms with E-state index in [0.29, 0.717) is 30.7 Å². The minimum atomic E-state index is -3.56. The molecule has 1 saturated heterocycles. The lowest BCUT2D eigenvalue weighted by Crippen LogP contribution is -2.47. The fourth-order valence-electron chi connectivity index (χ4n) is 2.34. The zero-order chi connectivity index (χ0) is 14.2. The molecule has 9 heteroatoms. The highest BCUT2D eigenvalue weighted by atomic mass is 35.5. The number of hydrogen-bond donors (Lipinski definition) is 2. The topological polar surface area (TPSA) is 101 Å². The van der Waals surface area contributed by atoms with Crippen LogP contribution in [0.1, 0.15) is 0 Å². The van der Waals surface area contributed by atoms with E-state index in [4.69, 9.17) is 10.5 Å². The number of halogens is 1. The van der Waals surface area contributed by atoms with E-state index >= 15 is 0 Å². The third kappa shape index (κ3) is 2.90. The van der Waals surface area contributed by atoms with E-state index in [1.807, 2.05) is 0 Å². The molecule has 0 aliphatic carbocycles. The molecule has 3 heterocycles. The van der Waals surface area contributed by atoms with Crippen LogP contribution in [0, 0.1) is 0 Å². The van der Waals surface area contributed by atoms with Gasteiger partial charge >= 0.3 is 0 Å². The molecule has 1 atom stereocenters. The summed E-state index contributed by atoms with van der Waals surface area (Å²) in [5.41, 5.74) is 6.12. The van der Waals surface area contributed by atoms with E-state index in [1.165, 1.54) is 10.5 Å². The van der Waals surface area contributed by atoms with Gasteiger partial charge in [0.15, 0.2) is 0 Å². The molecule has 116 valence electrons. The number of rotatable bonds is 3. The first-order valence-electron chi connectivity index (χ1n) is 6.37. The van der Waals surface area contributed by atoms with Crippen molar-refractivity contribution in [2.24, 2.45) is 5.73 Å². The Bertz CT molecular complexity index is 718. The number of fused-ring (bicyclic) bond motifs is 1. The second kappa shape index (κ2) is 6.29. The number of ether oxygens (including phenoxy) is 1. The van der Waals surface area contributed by atoms with Gasteiger partial charge in [0, 0.05) is 37.4 Å². The van der Waals surface area contributed by atoms with Crippen molar-refractivity contribution in [2.75, 3.05) is 26.2 Å². The summed E-state index contributed by atoms with van der Waals surface area (Å²) in [5, 5.41) is 0.600. The average Bonchev–Trinajstić information content (AvgIpc) is 2.92. The number of nitrogens with zero attached hydrogens (tertiary/aromatic N) is 2. The minimum Gasteiger partial charge on any atom is -0.374 e. The molecule has 1 unspecified atom stereocenters. The molecule has 0 amide bonds. The molecule has 0 radical (unpaired) electrons. The Morgan fingerprint density at radius 3 is 3.10 bits per heavy atom. The molecule has 0 bridgehead atoms. The molecule has 21 heavy (non-hydrogen) atoms. The third-order valence-electron chi connectivity index (χ3n) is 3.40. The smallest absolute Gasteiger partial charge is 0.245 e. The second-order valence-electron chi connectivity index (χ2n) is 4.64. The molecule has 2 aromatic rings. The predicted molar refractivity (Wildman–Crippen MR) is 80.9 cm³/mol. The van der Waals surface area contributed by atoms with Crippen LogP contribution in [0.25, 0.3) is 11.0 Å². The highest BCUT2D eigenvalue weighted by molar-refractivity contribution is 7.89. The highest BCUT2D eigenvalue weighted by Gasteiger charge is 2.32. The summed E-state index contributed by atoms with van der Waals surface area (Å²) in [6, 6.07) is 3.46. The number of aromatic amines is 1. The van der Waals surface area contributed by atoms with Gasteiger partial charge in [-0.1, -0.05) is 0 Å². The minimum absolute atomic E-state index is 0. The van der Waals surface area contributed by atoms with Gasteiger partial charge < -0.3 is 15.5 Å². The third-order valence-corrected chi connectivity index (χ3v) is 5.30. The molecular formula is C12H17ClN4O3S. The van der Waals surface area contributed by atoms with E-state index in [9.17, 15) is 8.42 Å². The van der Waals surface area contributed by atoms with Gasteiger partial charge in [-0.05, 0) is 12.1 Å². The number of pyridine rings is 1. The van der Waals surface area contributed by atoms with Crippen molar-refractivity contribution in [3.63, 3.8) is 0 Å². The van der Waals surface area contributed by atoms with Crippen molar-refractivity contribution >= 4 is 33.5 Å². The number of sulfonamides is 1. The Balaban J connectivity index is 0.00000161. The van der Waals surface area contributed by atoms with Crippen molar-refractivity contribution in [2.45, 2.75) is 11.0 Å². The summed E-state index contributed by atoms with van der Waals surface area (Å²) in [6.45, 7) is 1.29. The van der Waals surface area contributed by atoms with Crippen LogP contribution in [0.4, 0.5) is 0 Å². The summed E-state index contributed by atoms with van der Waals surface area (Å²) >= 11 is 0. The molecule has 7 nitrogen and oxygen atoms in total. The van der Waals surface area contributed by atoms with Crippen LogP contribution in [0.15, 0.2) is 29.4 Å². The van der Waals surface area contributed by atoms with Crippen molar-refractivity contribution in [1.29, 1.82) is 0 Å². The van der Waals surface area contributed by atoms with Crippen LogP contribution >= 0.6 is 12.4 Å². The predicted octanol–water partition coefficient (Wildman–Crippen LogP) is 0.333. The van der Waals surface area contributed by atoms with E-state index in [2.05, 4.69) is 9.97 Å². The molecule has 1 fully saturated rings. The number of aromatic nitrogens is 2. The average molecular weight is 333 g/mol. The summed E-state index contributed by atoms with van der Waals surface area (Å²) in [4.78, 5) is 7.24. The quantitative estimate of drug-likeness (QED) is 0.843. The van der Waals surface area contributed by atoms with E-state index in [-0.39, 0.29) is 30.0 Å². The zero-order valence-electron chi connectivity index (χ0n) is 11.2. The van der Waals surface area contributed by atoms with Gasteiger partial charge in [0.25, 0.3) is 0 Å². The van der Waals surface area contributed by atoms with Crippen molar-refractivity contribution in [1.82, 2.24) is 14.3 Å². The first kappa shape index (κ1) is 16.2. The molecule has 0 spiro atoms. The molecule has 0 aromatic carbocycles.